The van der Waals surface area contributed by atoms with Crippen molar-refractivity contribution >= 4 is 17.5 Å². The van der Waals surface area contributed by atoms with E-state index in [2.05, 4.69) is 17.4 Å². The summed E-state index contributed by atoms with van der Waals surface area (Å²) in [6.45, 7) is 3.83. The molecule has 0 fully saturated rings. The third kappa shape index (κ3) is 2.02. The van der Waals surface area contributed by atoms with Gasteiger partial charge in [-0.15, -0.1) is 11.8 Å². The Morgan fingerprint density at radius 3 is 2.88 bits per heavy atom. The summed E-state index contributed by atoms with van der Waals surface area (Å²) in [5.74, 6) is 1.30. The van der Waals surface area contributed by atoms with E-state index in [9.17, 15) is 4.79 Å². The number of benzene rings is 1. The summed E-state index contributed by atoms with van der Waals surface area (Å²) in [7, 11) is 1.82. The largest absolute Gasteiger partial charge is 0.308 e. The number of carbonyl (C=O) groups is 1. The van der Waals surface area contributed by atoms with E-state index >= 15 is 0 Å². The molecule has 1 aromatic rings. The van der Waals surface area contributed by atoms with E-state index in [0.717, 1.165) is 17.7 Å². The van der Waals surface area contributed by atoms with Crippen LogP contribution in [0.3, 0.4) is 0 Å². The van der Waals surface area contributed by atoms with Crippen LogP contribution in [0.15, 0.2) is 23.1 Å². The zero-order chi connectivity index (χ0) is 11.8. The van der Waals surface area contributed by atoms with E-state index in [1.54, 1.807) is 0 Å². The molecule has 0 aliphatic carbocycles. The van der Waals surface area contributed by atoms with Gasteiger partial charge in [0.1, 0.15) is 0 Å². The van der Waals surface area contributed by atoms with Crippen LogP contribution in [0.1, 0.15) is 29.8 Å². The maximum absolute atomic E-state index is 12.2. The molecule has 86 valence electrons. The number of Topliss-reactive ketones (excluding diaryl/α,β-unsaturated/α-hetero) is 1. The summed E-state index contributed by atoms with van der Waals surface area (Å²) in [4.78, 5) is 13.6. The second-order valence-corrected chi connectivity index (χ2v) is 5.76. The van der Waals surface area contributed by atoms with Crippen LogP contribution in [-0.4, -0.2) is 24.1 Å². The molecule has 2 rings (SSSR count). The SMILES string of the molecule is CNC(C)(C)C(=O)c1ccc2c(c1)CCS2. The third-order valence-corrected chi connectivity index (χ3v) is 4.26. The molecule has 0 spiro atoms. The fourth-order valence-electron chi connectivity index (χ4n) is 1.80. The highest BCUT2D eigenvalue weighted by Crippen LogP contribution is 2.32. The number of rotatable bonds is 3. The van der Waals surface area contributed by atoms with Crippen molar-refractivity contribution in [3.8, 4) is 0 Å². The van der Waals surface area contributed by atoms with Crippen molar-refractivity contribution in [2.45, 2.75) is 30.7 Å². The van der Waals surface area contributed by atoms with Gasteiger partial charge in [-0.3, -0.25) is 4.79 Å². The van der Waals surface area contributed by atoms with Crippen molar-refractivity contribution in [1.82, 2.24) is 5.32 Å². The predicted octanol–water partition coefficient (Wildman–Crippen LogP) is 2.52. The summed E-state index contributed by atoms with van der Waals surface area (Å²) in [6.07, 6.45) is 1.08. The molecule has 0 saturated carbocycles. The maximum atomic E-state index is 12.2. The van der Waals surface area contributed by atoms with Crippen molar-refractivity contribution in [1.29, 1.82) is 0 Å². The number of thioether (sulfide) groups is 1. The van der Waals surface area contributed by atoms with E-state index in [1.165, 1.54) is 10.5 Å². The highest BCUT2D eigenvalue weighted by molar-refractivity contribution is 7.99. The minimum Gasteiger partial charge on any atom is -0.308 e. The summed E-state index contributed by atoms with van der Waals surface area (Å²) < 4.78 is 0. The zero-order valence-corrected chi connectivity index (χ0v) is 10.8. The average Bonchev–Trinajstić information content (AvgIpc) is 2.74. The number of ketones is 1. The van der Waals surface area contributed by atoms with Crippen LogP contribution in [0, 0.1) is 0 Å². The van der Waals surface area contributed by atoms with Gasteiger partial charge >= 0.3 is 0 Å². The summed E-state index contributed by atoms with van der Waals surface area (Å²) in [5, 5.41) is 3.05. The first-order valence-electron chi connectivity index (χ1n) is 5.54. The Morgan fingerprint density at radius 2 is 2.19 bits per heavy atom. The number of hydrogen-bond acceptors (Lipinski definition) is 3. The molecule has 0 unspecified atom stereocenters. The molecule has 1 aliphatic rings. The zero-order valence-electron chi connectivity index (χ0n) is 9.96. The van der Waals surface area contributed by atoms with Crippen LogP contribution in [0.5, 0.6) is 0 Å². The number of aryl methyl sites for hydroxylation is 1. The van der Waals surface area contributed by atoms with Gasteiger partial charge in [0.05, 0.1) is 5.54 Å². The molecule has 1 heterocycles. The molecular weight excluding hydrogens is 218 g/mol. The van der Waals surface area contributed by atoms with E-state index in [0.29, 0.717) is 0 Å². The summed E-state index contributed by atoms with van der Waals surface area (Å²) in [6, 6.07) is 6.07. The van der Waals surface area contributed by atoms with Crippen molar-refractivity contribution in [2.24, 2.45) is 0 Å². The summed E-state index contributed by atoms with van der Waals surface area (Å²) >= 11 is 1.87. The first-order valence-corrected chi connectivity index (χ1v) is 6.52. The first kappa shape index (κ1) is 11.7. The molecule has 0 amide bonds. The van der Waals surface area contributed by atoms with Gasteiger partial charge in [0, 0.05) is 16.2 Å². The summed E-state index contributed by atoms with van der Waals surface area (Å²) in [5.41, 5.74) is 1.66. The Bertz CT molecular complexity index is 426. The number of nitrogens with one attached hydrogen (secondary N) is 1. The fraction of sp³-hybridized carbons (Fsp3) is 0.462. The van der Waals surface area contributed by atoms with Gasteiger partial charge in [-0.05, 0) is 45.0 Å². The van der Waals surface area contributed by atoms with Crippen molar-refractivity contribution in [2.75, 3.05) is 12.8 Å². The van der Waals surface area contributed by atoms with Crippen LogP contribution in [-0.2, 0) is 6.42 Å². The molecule has 0 radical (unpaired) electrons. The van der Waals surface area contributed by atoms with Crippen LogP contribution in [0.2, 0.25) is 0 Å². The van der Waals surface area contributed by atoms with Crippen LogP contribution >= 0.6 is 11.8 Å². The number of likely N-dealkylation sites (N-methyl/N-ethyl adjacent to an activating group) is 1. The minimum absolute atomic E-state index is 0.162. The second-order valence-electron chi connectivity index (χ2n) is 4.63. The van der Waals surface area contributed by atoms with Gasteiger partial charge in [-0.25, -0.2) is 0 Å². The average molecular weight is 235 g/mol. The first-order chi connectivity index (χ1) is 7.54. The molecule has 16 heavy (non-hydrogen) atoms. The van der Waals surface area contributed by atoms with E-state index in [1.807, 2.05) is 38.7 Å². The lowest BCUT2D eigenvalue weighted by Gasteiger charge is -2.22. The monoisotopic (exact) mass is 235 g/mol. The van der Waals surface area contributed by atoms with Gasteiger partial charge in [0.25, 0.3) is 0 Å². The Labute approximate surface area is 101 Å². The molecule has 1 aromatic carbocycles. The van der Waals surface area contributed by atoms with Gasteiger partial charge in [-0.2, -0.15) is 0 Å². The van der Waals surface area contributed by atoms with Crippen molar-refractivity contribution in [3.05, 3.63) is 29.3 Å². The molecule has 2 nitrogen and oxygen atoms in total. The topological polar surface area (TPSA) is 29.1 Å². The van der Waals surface area contributed by atoms with Crippen LogP contribution < -0.4 is 5.32 Å². The van der Waals surface area contributed by atoms with E-state index in [-0.39, 0.29) is 5.78 Å². The van der Waals surface area contributed by atoms with Gasteiger partial charge in [-0.1, -0.05) is 6.07 Å². The highest BCUT2D eigenvalue weighted by atomic mass is 32.2. The Morgan fingerprint density at radius 1 is 1.44 bits per heavy atom. The molecule has 3 heteroatoms. The van der Waals surface area contributed by atoms with Crippen molar-refractivity contribution < 1.29 is 4.79 Å². The molecule has 0 saturated heterocycles. The minimum atomic E-state index is -0.486. The molecule has 0 bridgehead atoms. The second kappa shape index (κ2) is 4.22. The molecule has 0 atom stereocenters. The highest BCUT2D eigenvalue weighted by Gasteiger charge is 2.27. The van der Waals surface area contributed by atoms with Crippen LogP contribution in [0.25, 0.3) is 0 Å². The number of carbonyl (C=O) groups excluding carboxylic acids is 1. The Kier molecular flexibility index (Phi) is 3.08. The van der Waals surface area contributed by atoms with E-state index < -0.39 is 5.54 Å². The number of hydrogen-bond donors (Lipinski definition) is 1. The molecule has 1 N–H and O–H groups in total. The van der Waals surface area contributed by atoms with Gasteiger partial charge in [0.2, 0.25) is 0 Å². The van der Waals surface area contributed by atoms with Gasteiger partial charge in [0.15, 0.2) is 5.78 Å². The van der Waals surface area contributed by atoms with Crippen molar-refractivity contribution in [3.63, 3.8) is 0 Å². The predicted molar refractivity (Wildman–Crippen MR) is 68.3 cm³/mol. The smallest absolute Gasteiger partial charge is 0.182 e. The molecule has 1 aliphatic heterocycles. The lowest BCUT2D eigenvalue weighted by atomic mass is 9.92. The fourth-order valence-corrected chi connectivity index (χ4v) is 2.85. The quantitative estimate of drug-likeness (QED) is 0.816. The van der Waals surface area contributed by atoms with Gasteiger partial charge < -0.3 is 5.32 Å². The van der Waals surface area contributed by atoms with Crippen LogP contribution in [0.4, 0.5) is 0 Å². The Balaban J connectivity index is 2.32. The third-order valence-electron chi connectivity index (χ3n) is 3.14. The number of fused-ring (bicyclic) bond motifs is 1. The van der Waals surface area contributed by atoms with E-state index in [4.69, 9.17) is 0 Å². The lowest BCUT2D eigenvalue weighted by molar-refractivity contribution is 0.0889. The maximum Gasteiger partial charge on any atom is 0.182 e. The molecule has 0 aromatic heterocycles. The standard InChI is InChI=1S/C13H17NOS/c1-13(2,14-3)12(15)10-4-5-11-9(8-10)6-7-16-11/h4-5,8,14H,6-7H2,1-3H3. The normalized spacial score (nSPS) is 14.9. The Hall–Kier alpha value is -0.800. The lowest BCUT2D eigenvalue weighted by Crippen LogP contribution is -2.44. The molecular formula is C13H17NOS.